The molecule has 4 rings (SSSR count). The van der Waals surface area contributed by atoms with Crippen molar-refractivity contribution in [3.05, 3.63) is 57.6 Å². The molecule has 2 aliphatic rings. The van der Waals surface area contributed by atoms with Gasteiger partial charge in [0.15, 0.2) is 0 Å². The predicted octanol–water partition coefficient (Wildman–Crippen LogP) is 4.70. The Morgan fingerprint density at radius 3 is 2.72 bits per heavy atom. The molecule has 1 aliphatic heterocycles. The van der Waals surface area contributed by atoms with Crippen molar-refractivity contribution in [2.45, 2.75) is 30.4 Å². The molecular formula is C20H16Cl2F4N4O2. The second kappa shape index (κ2) is 8.08. The highest BCUT2D eigenvalue weighted by atomic mass is 35.5. The summed E-state index contributed by atoms with van der Waals surface area (Å²) in [5, 5.41) is 2.68. The quantitative estimate of drug-likeness (QED) is 0.607. The predicted molar refractivity (Wildman–Crippen MR) is 110 cm³/mol. The van der Waals surface area contributed by atoms with Gasteiger partial charge in [-0.15, -0.1) is 0 Å². The third kappa shape index (κ3) is 3.97. The molecule has 2 heterocycles. The van der Waals surface area contributed by atoms with Gasteiger partial charge >= 0.3 is 0 Å². The van der Waals surface area contributed by atoms with Gasteiger partial charge in [-0.05, 0) is 24.3 Å². The first kappa shape index (κ1) is 22.6. The molecule has 0 bridgehead atoms. The van der Waals surface area contributed by atoms with E-state index in [4.69, 9.17) is 33.7 Å². The summed E-state index contributed by atoms with van der Waals surface area (Å²) < 4.78 is 62.7. The Labute approximate surface area is 189 Å². The van der Waals surface area contributed by atoms with E-state index in [9.17, 15) is 22.4 Å². The number of alkyl halides is 3. The summed E-state index contributed by atoms with van der Waals surface area (Å²) in [6.07, 6.45) is -1.35. The first-order valence-corrected chi connectivity index (χ1v) is 10.2. The number of hydrogen-bond donors (Lipinski definition) is 2. The van der Waals surface area contributed by atoms with E-state index in [0.717, 1.165) is 12.1 Å². The van der Waals surface area contributed by atoms with Gasteiger partial charge in [0, 0.05) is 36.2 Å². The highest BCUT2D eigenvalue weighted by molar-refractivity contribution is 6.36. The van der Waals surface area contributed by atoms with Crippen LogP contribution < -0.4 is 11.1 Å². The number of halogens is 6. The lowest BCUT2D eigenvalue weighted by molar-refractivity contribution is -0.00299. The highest BCUT2D eigenvalue weighted by Gasteiger charge is 2.60. The Kier molecular flexibility index (Phi) is 5.70. The average molecular weight is 491 g/mol. The van der Waals surface area contributed by atoms with E-state index in [0.29, 0.717) is 0 Å². The molecule has 1 aromatic heterocycles. The minimum absolute atomic E-state index is 0.0182. The van der Waals surface area contributed by atoms with Gasteiger partial charge in [-0.3, -0.25) is 4.79 Å². The lowest BCUT2D eigenvalue weighted by atomic mass is 9.76. The molecule has 0 unspecified atom stereocenters. The van der Waals surface area contributed by atoms with Crippen molar-refractivity contribution in [2.24, 2.45) is 16.6 Å². The maximum Gasteiger partial charge on any atom is 0.283 e. The van der Waals surface area contributed by atoms with Crippen LogP contribution in [0.3, 0.4) is 0 Å². The first-order chi connectivity index (χ1) is 15.0. The molecule has 0 spiro atoms. The lowest BCUT2D eigenvalue weighted by Gasteiger charge is -2.40. The molecule has 1 fully saturated rings. The van der Waals surface area contributed by atoms with E-state index in [1.54, 1.807) is 0 Å². The smallest absolute Gasteiger partial charge is 0.283 e. The van der Waals surface area contributed by atoms with Crippen molar-refractivity contribution in [2.75, 3.05) is 12.0 Å². The number of nitrogens with two attached hydrogens (primary N) is 1. The van der Waals surface area contributed by atoms with Crippen LogP contribution in [0.1, 0.15) is 28.9 Å². The molecule has 1 aliphatic carbocycles. The SMILES string of the molecule is NC1=N[C@](CF)(c2cc(NC(=O)c3ncc(Cl)cc3Cl)ccc2F)[C@H]2CC(F)(F)C[C@H]2O1. The Morgan fingerprint density at radius 1 is 1.28 bits per heavy atom. The molecule has 12 heteroatoms. The molecule has 32 heavy (non-hydrogen) atoms. The van der Waals surface area contributed by atoms with Crippen molar-refractivity contribution >= 4 is 40.8 Å². The summed E-state index contributed by atoms with van der Waals surface area (Å²) in [6.45, 7) is -1.30. The van der Waals surface area contributed by atoms with E-state index >= 15 is 0 Å². The van der Waals surface area contributed by atoms with Crippen LogP contribution in [0.2, 0.25) is 10.0 Å². The maximum absolute atomic E-state index is 14.9. The molecule has 1 saturated carbocycles. The van der Waals surface area contributed by atoms with Crippen LogP contribution in [0.5, 0.6) is 0 Å². The third-order valence-electron chi connectivity index (χ3n) is 5.58. The summed E-state index contributed by atoms with van der Waals surface area (Å²) in [5.74, 6) is -5.94. The largest absolute Gasteiger partial charge is 0.461 e. The lowest BCUT2D eigenvalue weighted by Crippen LogP contribution is -2.48. The number of amides is 1. The molecule has 170 valence electrons. The maximum atomic E-state index is 14.9. The van der Waals surface area contributed by atoms with Crippen molar-refractivity contribution in [3.8, 4) is 0 Å². The van der Waals surface area contributed by atoms with Crippen LogP contribution in [-0.2, 0) is 10.3 Å². The molecule has 1 amide bonds. The number of nitrogens with zero attached hydrogens (tertiary/aromatic N) is 2. The van der Waals surface area contributed by atoms with Gasteiger partial charge in [-0.2, -0.15) is 0 Å². The Hall–Kier alpha value is -2.59. The summed E-state index contributed by atoms with van der Waals surface area (Å²) in [5.41, 5.74) is 3.17. The minimum atomic E-state index is -3.14. The normalized spacial score (nSPS) is 26.1. The number of carbonyl (C=O) groups is 1. The van der Waals surface area contributed by atoms with Crippen molar-refractivity contribution in [1.29, 1.82) is 0 Å². The number of benzene rings is 1. The summed E-state index contributed by atoms with van der Waals surface area (Å²) >= 11 is 11.8. The minimum Gasteiger partial charge on any atom is -0.461 e. The third-order valence-corrected chi connectivity index (χ3v) is 6.07. The zero-order chi connectivity index (χ0) is 23.3. The number of pyridine rings is 1. The number of carbonyl (C=O) groups excluding carboxylic acids is 1. The number of amidine groups is 1. The molecule has 2 aromatic rings. The number of aromatic nitrogens is 1. The van der Waals surface area contributed by atoms with Crippen molar-refractivity contribution < 1.29 is 27.1 Å². The van der Waals surface area contributed by atoms with E-state index in [2.05, 4.69) is 15.3 Å². The van der Waals surface area contributed by atoms with Crippen molar-refractivity contribution in [1.82, 2.24) is 4.98 Å². The number of ether oxygens (including phenoxy) is 1. The van der Waals surface area contributed by atoms with Crippen LogP contribution in [0.4, 0.5) is 23.2 Å². The van der Waals surface area contributed by atoms with Gasteiger partial charge in [0.05, 0.1) is 10.0 Å². The number of hydrogen-bond acceptors (Lipinski definition) is 5. The Balaban J connectivity index is 1.73. The van der Waals surface area contributed by atoms with E-state index in [1.807, 2.05) is 0 Å². The van der Waals surface area contributed by atoms with Gasteiger partial charge in [-0.25, -0.2) is 27.5 Å². The molecule has 3 atom stereocenters. The second-order valence-electron chi connectivity index (χ2n) is 7.67. The number of nitrogens with one attached hydrogen (secondary N) is 1. The summed E-state index contributed by atoms with van der Waals surface area (Å²) in [7, 11) is 0. The van der Waals surface area contributed by atoms with Crippen LogP contribution in [0.25, 0.3) is 0 Å². The fourth-order valence-corrected chi connectivity index (χ4v) is 4.67. The molecule has 6 nitrogen and oxygen atoms in total. The van der Waals surface area contributed by atoms with E-state index in [-0.39, 0.29) is 27.0 Å². The molecule has 0 saturated heterocycles. The Bertz CT molecular complexity index is 1120. The summed E-state index contributed by atoms with van der Waals surface area (Å²) in [6, 6.07) is 4.14. The van der Waals surface area contributed by atoms with Gasteiger partial charge in [0.1, 0.15) is 29.8 Å². The molecule has 1 aromatic carbocycles. The van der Waals surface area contributed by atoms with E-state index in [1.165, 1.54) is 18.3 Å². The number of aliphatic imine (C=N–C) groups is 1. The Morgan fingerprint density at radius 2 is 2.03 bits per heavy atom. The average Bonchev–Trinajstić information content (AvgIpc) is 3.02. The number of fused-ring (bicyclic) bond motifs is 1. The fraction of sp³-hybridized carbons (Fsp3) is 0.350. The molecular weight excluding hydrogens is 475 g/mol. The number of rotatable bonds is 4. The summed E-state index contributed by atoms with van der Waals surface area (Å²) in [4.78, 5) is 20.3. The van der Waals surface area contributed by atoms with Gasteiger partial charge < -0.3 is 15.8 Å². The van der Waals surface area contributed by atoms with Crippen LogP contribution in [-0.4, -0.2) is 35.6 Å². The van der Waals surface area contributed by atoms with Crippen molar-refractivity contribution in [3.63, 3.8) is 0 Å². The second-order valence-corrected chi connectivity index (χ2v) is 8.51. The number of anilines is 1. The topological polar surface area (TPSA) is 89.6 Å². The van der Waals surface area contributed by atoms with Crippen LogP contribution in [0.15, 0.2) is 35.5 Å². The highest BCUT2D eigenvalue weighted by Crippen LogP contribution is 2.53. The van der Waals surface area contributed by atoms with Crippen LogP contribution >= 0.6 is 23.2 Å². The molecule has 0 radical (unpaired) electrons. The fourth-order valence-electron chi connectivity index (χ4n) is 4.20. The zero-order valence-corrected chi connectivity index (χ0v) is 17.7. The van der Waals surface area contributed by atoms with Gasteiger partial charge in [0.2, 0.25) is 0 Å². The van der Waals surface area contributed by atoms with Crippen LogP contribution in [0, 0.1) is 11.7 Å². The van der Waals surface area contributed by atoms with Gasteiger partial charge in [0.25, 0.3) is 17.9 Å². The van der Waals surface area contributed by atoms with Gasteiger partial charge in [-0.1, -0.05) is 23.2 Å². The standard InChI is InChI=1S/C20H16Cl2F4N4O2/c21-9-3-13(22)16(28-7-9)17(31)29-10-1-2-14(24)11(4-10)20(8-23)12-5-19(25,26)6-15(12)32-18(27)30-20/h1-4,7,12,15H,5-6,8H2,(H2,27,30)(H,29,31)/t12-,15+,20+/m0/s1. The monoisotopic (exact) mass is 490 g/mol. The molecule has 3 N–H and O–H groups in total. The zero-order valence-electron chi connectivity index (χ0n) is 16.2. The first-order valence-electron chi connectivity index (χ1n) is 9.43. The van der Waals surface area contributed by atoms with E-state index < -0.39 is 60.7 Å².